The maximum Gasteiger partial charge on any atom is 0.260 e. The lowest BCUT2D eigenvalue weighted by Gasteiger charge is -2.30. The van der Waals surface area contributed by atoms with Crippen LogP contribution in [0.1, 0.15) is 116 Å². The number of imidazole rings is 1. The summed E-state index contributed by atoms with van der Waals surface area (Å²) in [5.74, 6) is -1.30. The summed E-state index contributed by atoms with van der Waals surface area (Å²) in [7, 11) is 0. The van der Waals surface area contributed by atoms with Gasteiger partial charge >= 0.3 is 0 Å². The highest BCUT2D eigenvalue weighted by Crippen LogP contribution is 2.31. The molecule has 0 radical (unpaired) electrons. The molecule has 1 aliphatic rings. The monoisotopic (exact) mass is 965 g/mol. The molecule has 1 aliphatic heterocycles. The maximum atomic E-state index is 14.3. The quantitative estimate of drug-likeness (QED) is 0.00709. The molecule has 11 N–H and O–H groups in total. The van der Waals surface area contributed by atoms with Crippen molar-refractivity contribution < 1.29 is 24.0 Å². The molecule has 5 rings (SSSR count). The zero-order valence-electron chi connectivity index (χ0n) is 40.9. The summed E-state index contributed by atoms with van der Waals surface area (Å²) in [5, 5.41) is 13.1. The summed E-state index contributed by atoms with van der Waals surface area (Å²) in [6, 6.07) is 14.0. The Kier molecular flexibility index (Phi) is 21.5. The van der Waals surface area contributed by atoms with Crippen molar-refractivity contribution in [1.29, 1.82) is 0 Å². The largest absolute Gasteiger partial charge is 0.370 e. The van der Waals surface area contributed by atoms with Crippen molar-refractivity contribution >= 4 is 63.2 Å². The van der Waals surface area contributed by atoms with E-state index in [0.29, 0.717) is 87.9 Å². The second-order valence-electron chi connectivity index (χ2n) is 18.2. The smallest absolute Gasteiger partial charge is 0.260 e. The van der Waals surface area contributed by atoms with Gasteiger partial charge in [-0.3, -0.25) is 39.8 Å². The van der Waals surface area contributed by atoms with Crippen molar-refractivity contribution in [3.8, 4) is 0 Å². The van der Waals surface area contributed by atoms with Crippen molar-refractivity contribution in [3.05, 3.63) is 76.4 Å². The molecule has 2 aromatic heterocycles. The van der Waals surface area contributed by atoms with Crippen LogP contribution >= 0.6 is 0 Å². The molecule has 1 saturated heterocycles. The van der Waals surface area contributed by atoms with Crippen LogP contribution in [0.3, 0.4) is 0 Å². The Morgan fingerprint density at radius 3 is 2.34 bits per heavy atom. The highest BCUT2D eigenvalue weighted by molar-refractivity contribution is 6.07. The lowest BCUT2D eigenvalue weighted by atomic mass is 10.0. The van der Waals surface area contributed by atoms with Gasteiger partial charge in [0, 0.05) is 49.3 Å². The van der Waals surface area contributed by atoms with E-state index < -0.39 is 41.9 Å². The molecule has 4 atom stereocenters. The van der Waals surface area contributed by atoms with Crippen LogP contribution in [0.15, 0.2) is 64.7 Å². The zero-order chi connectivity index (χ0) is 50.4. The van der Waals surface area contributed by atoms with Gasteiger partial charge in [0.15, 0.2) is 11.8 Å². The van der Waals surface area contributed by atoms with Crippen molar-refractivity contribution in [2.75, 3.05) is 31.6 Å². The fraction of sp³-hybridized carbons (Fsp3) is 0.551. The van der Waals surface area contributed by atoms with Gasteiger partial charge in [0.05, 0.1) is 11.0 Å². The van der Waals surface area contributed by atoms with E-state index in [2.05, 4.69) is 65.4 Å². The Bertz CT molecular complexity index is 2450. The lowest BCUT2D eigenvalue weighted by molar-refractivity contribution is -0.142. The van der Waals surface area contributed by atoms with Gasteiger partial charge in [0.25, 0.3) is 5.91 Å². The lowest BCUT2D eigenvalue weighted by Crippen LogP contribution is -2.58. The number of guanidine groups is 1. The van der Waals surface area contributed by atoms with E-state index in [1.807, 2.05) is 56.3 Å². The van der Waals surface area contributed by atoms with Crippen LogP contribution in [0.5, 0.6) is 0 Å². The second kappa shape index (κ2) is 27.9. The number of hydrogen-bond acceptors (Lipinski definition) is 11. The Morgan fingerprint density at radius 1 is 0.857 bits per heavy atom. The minimum atomic E-state index is -1.10. The van der Waals surface area contributed by atoms with E-state index >= 15 is 0 Å². The van der Waals surface area contributed by atoms with Crippen molar-refractivity contribution in [1.82, 2.24) is 40.8 Å². The topological polar surface area (TPSA) is 319 Å². The Hall–Kier alpha value is -6.99. The molecule has 4 aromatic rings. The number of aryl methyl sites for hydroxylation is 1. The van der Waals surface area contributed by atoms with Gasteiger partial charge in [-0.15, -0.1) is 0 Å². The van der Waals surface area contributed by atoms with Gasteiger partial charge in [0.1, 0.15) is 35.5 Å². The number of hydrazine groups is 1. The number of amides is 5. The number of para-hydroxylation sites is 1. The first-order valence-corrected chi connectivity index (χ1v) is 24.7. The van der Waals surface area contributed by atoms with E-state index in [-0.39, 0.29) is 56.0 Å². The van der Waals surface area contributed by atoms with Crippen LogP contribution in [0.4, 0.5) is 5.82 Å². The van der Waals surface area contributed by atoms with Crippen molar-refractivity contribution in [2.45, 2.75) is 141 Å². The number of pyridine rings is 1. The van der Waals surface area contributed by atoms with E-state index in [0.717, 1.165) is 41.6 Å². The summed E-state index contributed by atoms with van der Waals surface area (Å²) < 4.78 is 2.22. The number of unbranched alkanes of at least 4 members (excludes halogenated alkanes) is 3. The van der Waals surface area contributed by atoms with Crippen LogP contribution in [0, 0.1) is 5.92 Å². The predicted molar refractivity (Wildman–Crippen MR) is 272 cm³/mol. The number of anilines is 1. The number of benzene rings is 2. The van der Waals surface area contributed by atoms with E-state index in [1.54, 1.807) is 0 Å². The number of aliphatic imine (C=N–C) groups is 1. The fourth-order valence-corrected chi connectivity index (χ4v) is 8.69. The van der Waals surface area contributed by atoms with Crippen LogP contribution in [-0.4, -0.2) is 105 Å². The van der Waals surface area contributed by atoms with Gasteiger partial charge in [-0.2, -0.15) is 0 Å². The second-order valence-corrected chi connectivity index (χ2v) is 18.2. The normalized spacial score (nSPS) is 14.6. The molecule has 378 valence electrons. The molecular formula is C49H72N16O5. The molecule has 0 saturated carbocycles. The number of nitrogens with one attached hydrogen (secondary N) is 5. The standard InChI is InChI=1S/C49H72N16O5/c1-4-5-24-40-60-42-43(65(40)31-33-17-7-6-8-18-33)34-19-9-10-20-35(34)57-44(42)61-62-46(68)36(22-15-27-54-49(51)52)58-45(67)38(30-32(2)3)59-47(69)39-23-16-29-64(39)48(70)37(21-11-13-26-50)56-41(66)25-12-14-28-55-63-53/h6-10,17-20,32,36-39H,4-5,11-16,21-31,50H2,1-3H3,(H,56,66)(H,57,61)(H,58,67)(H,59,69)(H,62,68)(H4,51,52,54). The molecule has 4 unspecified atom stereocenters. The predicted octanol–water partition coefficient (Wildman–Crippen LogP) is 4.57. The first-order chi connectivity index (χ1) is 33.8. The molecule has 0 spiro atoms. The molecule has 21 nitrogen and oxygen atoms in total. The molecule has 3 heterocycles. The van der Waals surface area contributed by atoms with Gasteiger partial charge in [-0.25, -0.2) is 9.97 Å². The SMILES string of the molecule is CCCCc1nc2c(NNC(=O)C(CCCN=C(N)N)NC(=O)C(CC(C)C)NC(=O)C3CCCN3C(=O)C(CCCCN)NC(=O)CCCCN=[N+]=[N-])nc3ccccc3c2n1Cc1ccccc1. The molecule has 2 aromatic carbocycles. The molecule has 70 heavy (non-hydrogen) atoms. The summed E-state index contributed by atoms with van der Waals surface area (Å²) in [4.78, 5) is 88.1. The Morgan fingerprint density at radius 2 is 1.61 bits per heavy atom. The number of hydrogen-bond donors (Lipinski definition) is 8. The van der Waals surface area contributed by atoms with Crippen LogP contribution < -0.4 is 44.0 Å². The third-order valence-electron chi connectivity index (χ3n) is 12.2. The Labute approximate surface area is 409 Å². The Balaban J connectivity index is 1.35. The number of azide groups is 1. The first kappa shape index (κ1) is 54.0. The number of fused-ring (bicyclic) bond motifs is 3. The molecule has 5 amide bonds. The number of aromatic nitrogens is 3. The highest BCUT2D eigenvalue weighted by atomic mass is 16.2. The van der Waals surface area contributed by atoms with Crippen molar-refractivity contribution in [2.24, 2.45) is 33.2 Å². The average molecular weight is 965 g/mol. The summed E-state index contributed by atoms with van der Waals surface area (Å²) in [6.07, 6.45) is 6.98. The number of nitrogens with two attached hydrogens (primary N) is 3. The summed E-state index contributed by atoms with van der Waals surface area (Å²) >= 11 is 0. The highest BCUT2D eigenvalue weighted by Gasteiger charge is 2.39. The zero-order valence-corrected chi connectivity index (χ0v) is 40.9. The third-order valence-corrected chi connectivity index (χ3v) is 12.2. The number of carbonyl (C=O) groups excluding carboxylic acids is 5. The van der Waals surface area contributed by atoms with Crippen LogP contribution in [0.25, 0.3) is 32.4 Å². The molecule has 21 heteroatoms. The van der Waals surface area contributed by atoms with E-state index in [9.17, 15) is 24.0 Å². The number of rotatable bonds is 29. The van der Waals surface area contributed by atoms with Crippen molar-refractivity contribution in [3.63, 3.8) is 0 Å². The number of nitrogens with zero attached hydrogens (tertiary/aromatic N) is 8. The van der Waals surface area contributed by atoms with Gasteiger partial charge in [0.2, 0.25) is 23.6 Å². The van der Waals surface area contributed by atoms with Crippen LogP contribution in [-0.2, 0) is 36.9 Å². The molecule has 1 fully saturated rings. The third kappa shape index (κ3) is 15.8. The van der Waals surface area contributed by atoms with E-state index in [4.69, 9.17) is 32.7 Å². The fourth-order valence-electron chi connectivity index (χ4n) is 8.69. The molecule has 0 aliphatic carbocycles. The average Bonchev–Trinajstić information content (AvgIpc) is 3.98. The maximum absolute atomic E-state index is 14.3. The summed E-state index contributed by atoms with van der Waals surface area (Å²) in [5.41, 5.74) is 34.6. The van der Waals surface area contributed by atoms with Crippen LogP contribution in [0.2, 0.25) is 0 Å². The minimum Gasteiger partial charge on any atom is -0.370 e. The number of likely N-dealkylation sites (tertiary alicyclic amines) is 1. The molecule has 0 bridgehead atoms. The molecular weight excluding hydrogens is 893 g/mol. The first-order valence-electron chi connectivity index (χ1n) is 24.7. The minimum absolute atomic E-state index is 0.0488. The van der Waals surface area contributed by atoms with Gasteiger partial charge < -0.3 is 42.6 Å². The van der Waals surface area contributed by atoms with Gasteiger partial charge in [-0.1, -0.05) is 80.8 Å². The summed E-state index contributed by atoms with van der Waals surface area (Å²) in [6.45, 7) is 7.73. The van der Waals surface area contributed by atoms with Gasteiger partial charge in [-0.05, 0) is 100 Å². The van der Waals surface area contributed by atoms with E-state index in [1.165, 1.54) is 4.90 Å². The number of carbonyl (C=O) groups is 5.